The lowest BCUT2D eigenvalue weighted by atomic mass is 9.98. The Hall–Kier alpha value is -2.77. The number of amides is 3. The number of nitrogens with one attached hydrogen (secondary N) is 2. The third-order valence-corrected chi connectivity index (χ3v) is 4.83. The fourth-order valence-electron chi connectivity index (χ4n) is 3.43. The lowest BCUT2D eigenvalue weighted by Crippen LogP contribution is -2.51. The summed E-state index contributed by atoms with van der Waals surface area (Å²) in [7, 11) is 0. The van der Waals surface area contributed by atoms with Crippen molar-refractivity contribution in [3.8, 4) is 5.75 Å². The van der Waals surface area contributed by atoms with Gasteiger partial charge in [-0.25, -0.2) is 4.79 Å². The first-order chi connectivity index (χ1) is 14.8. The maximum Gasteiger partial charge on any atom is 0.408 e. The summed E-state index contributed by atoms with van der Waals surface area (Å²) in [5.41, 5.74) is 0.242. The number of phenols is 1. The van der Waals surface area contributed by atoms with Crippen molar-refractivity contribution in [2.75, 3.05) is 6.54 Å². The molecule has 0 radical (unpaired) electrons. The first-order valence-corrected chi connectivity index (χ1v) is 11.1. The number of hydrogen-bond donors (Lipinski definition) is 3. The van der Waals surface area contributed by atoms with Crippen molar-refractivity contribution >= 4 is 17.9 Å². The summed E-state index contributed by atoms with van der Waals surface area (Å²) in [4.78, 5) is 39.9. The van der Waals surface area contributed by atoms with Gasteiger partial charge in [-0.05, 0) is 60.5 Å². The van der Waals surface area contributed by atoms with Gasteiger partial charge >= 0.3 is 6.09 Å². The molecule has 1 aromatic rings. The highest BCUT2D eigenvalue weighted by Crippen LogP contribution is 2.33. The number of aromatic hydroxyl groups is 1. The molecule has 8 heteroatoms. The van der Waals surface area contributed by atoms with Gasteiger partial charge in [-0.2, -0.15) is 0 Å². The Labute approximate surface area is 191 Å². The van der Waals surface area contributed by atoms with E-state index in [2.05, 4.69) is 10.6 Å². The van der Waals surface area contributed by atoms with Gasteiger partial charge < -0.3 is 25.4 Å². The van der Waals surface area contributed by atoms with Gasteiger partial charge in [-0.3, -0.25) is 9.59 Å². The summed E-state index contributed by atoms with van der Waals surface area (Å²) in [6.45, 7) is 14.1. The molecule has 0 aliphatic heterocycles. The number of para-hydroxylation sites is 1. The predicted octanol–water partition coefficient (Wildman–Crippen LogP) is 3.81. The zero-order valence-electron chi connectivity index (χ0n) is 20.6. The molecule has 0 heterocycles. The molecule has 0 fully saturated rings. The van der Waals surface area contributed by atoms with Gasteiger partial charge in [0.15, 0.2) is 0 Å². The second kappa shape index (κ2) is 11.7. The fraction of sp³-hybridized carbons (Fsp3) is 0.625. The Morgan fingerprint density at radius 2 is 1.78 bits per heavy atom. The molecule has 3 amide bonds. The van der Waals surface area contributed by atoms with Gasteiger partial charge in [0.2, 0.25) is 11.8 Å². The van der Waals surface area contributed by atoms with Gasteiger partial charge in [-0.1, -0.05) is 31.5 Å². The van der Waals surface area contributed by atoms with Crippen LogP contribution < -0.4 is 10.6 Å². The molecule has 2 atom stereocenters. The average Bonchev–Trinajstić information content (AvgIpc) is 2.65. The molecule has 0 spiro atoms. The van der Waals surface area contributed by atoms with Gasteiger partial charge in [-0.15, -0.1) is 0 Å². The van der Waals surface area contributed by atoms with Crippen molar-refractivity contribution in [3.05, 3.63) is 29.3 Å². The molecule has 0 bridgehead atoms. The summed E-state index contributed by atoms with van der Waals surface area (Å²) in [6.07, 6.45) is 0.966. The first-order valence-electron chi connectivity index (χ1n) is 11.1. The Balaban J connectivity index is 3.26. The molecule has 32 heavy (non-hydrogen) atoms. The second-order valence-electron chi connectivity index (χ2n) is 9.36. The second-order valence-corrected chi connectivity index (χ2v) is 9.36. The molecule has 0 saturated heterocycles. The number of hydrogen-bond acceptors (Lipinski definition) is 5. The maximum absolute atomic E-state index is 13.3. The lowest BCUT2D eigenvalue weighted by molar-refractivity contribution is -0.142. The van der Waals surface area contributed by atoms with E-state index in [1.807, 2.05) is 13.8 Å². The van der Waals surface area contributed by atoms with E-state index in [4.69, 9.17) is 4.74 Å². The molecule has 3 N–H and O–H groups in total. The Morgan fingerprint density at radius 1 is 1.16 bits per heavy atom. The van der Waals surface area contributed by atoms with Crippen LogP contribution in [0.25, 0.3) is 0 Å². The van der Waals surface area contributed by atoms with E-state index in [9.17, 15) is 19.5 Å². The number of aryl methyl sites for hydroxylation is 1. The average molecular weight is 450 g/mol. The molecule has 0 aromatic heterocycles. The van der Waals surface area contributed by atoms with Crippen molar-refractivity contribution in [2.45, 2.75) is 92.0 Å². The molecule has 8 nitrogen and oxygen atoms in total. The number of carbonyl (C=O) groups is 3. The largest absolute Gasteiger partial charge is 0.507 e. The Bertz CT molecular complexity index is 801. The molecular weight excluding hydrogens is 410 g/mol. The first kappa shape index (κ1) is 27.3. The van der Waals surface area contributed by atoms with Crippen LogP contribution in [0.4, 0.5) is 4.79 Å². The number of nitrogens with zero attached hydrogens (tertiary/aromatic N) is 1. The van der Waals surface area contributed by atoms with E-state index in [0.29, 0.717) is 11.1 Å². The highest BCUT2D eigenvalue weighted by atomic mass is 16.6. The highest BCUT2D eigenvalue weighted by molar-refractivity contribution is 5.91. The fourth-order valence-corrected chi connectivity index (χ4v) is 3.43. The van der Waals surface area contributed by atoms with Crippen molar-refractivity contribution in [1.82, 2.24) is 15.5 Å². The van der Waals surface area contributed by atoms with Crippen LogP contribution in [0.5, 0.6) is 5.75 Å². The Kier molecular flexibility index (Phi) is 10.0. The van der Waals surface area contributed by atoms with Gasteiger partial charge in [0, 0.05) is 17.6 Å². The van der Waals surface area contributed by atoms with Crippen molar-refractivity contribution < 1.29 is 24.2 Å². The molecule has 1 rings (SSSR count). The number of rotatable bonds is 9. The molecule has 180 valence electrons. The predicted molar refractivity (Wildman–Crippen MR) is 124 cm³/mol. The molecule has 0 saturated carbocycles. The summed E-state index contributed by atoms with van der Waals surface area (Å²) >= 11 is 0. The van der Waals surface area contributed by atoms with E-state index < -0.39 is 23.6 Å². The normalized spacial score (nSPS) is 13.3. The van der Waals surface area contributed by atoms with Crippen LogP contribution in [0.15, 0.2) is 18.2 Å². The summed E-state index contributed by atoms with van der Waals surface area (Å²) < 4.78 is 5.20. The maximum atomic E-state index is 13.3. The van der Waals surface area contributed by atoms with Crippen LogP contribution in [-0.4, -0.2) is 52.1 Å². The van der Waals surface area contributed by atoms with Crippen LogP contribution in [0.3, 0.4) is 0 Å². The van der Waals surface area contributed by atoms with E-state index in [0.717, 1.165) is 12.8 Å². The van der Waals surface area contributed by atoms with Crippen LogP contribution in [0, 0.1) is 6.92 Å². The third kappa shape index (κ3) is 8.05. The van der Waals surface area contributed by atoms with E-state index >= 15 is 0 Å². The van der Waals surface area contributed by atoms with Crippen molar-refractivity contribution in [3.63, 3.8) is 0 Å². The van der Waals surface area contributed by atoms with Crippen molar-refractivity contribution in [1.29, 1.82) is 0 Å². The van der Waals surface area contributed by atoms with E-state index in [1.54, 1.807) is 59.7 Å². The van der Waals surface area contributed by atoms with Crippen LogP contribution in [0.2, 0.25) is 0 Å². The number of carbonyl (C=O) groups excluding carboxylic acids is 3. The smallest absolute Gasteiger partial charge is 0.408 e. The SMILES string of the molecule is CCCC(C)NC(=O)C(c1cccc(C)c1O)N(C(=O)CNC(=O)OC(C)(C)C)C(C)C. The van der Waals surface area contributed by atoms with Crippen LogP contribution in [-0.2, 0) is 14.3 Å². The van der Waals surface area contributed by atoms with Gasteiger partial charge in [0.25, 0.3) is 0 Å². The van der Waals surface area contributed by atoms with Crippen molar-refractivity contribution in [2.24, 2.45) is 0 Å². The zero-order chi connectivity index (χ0) is 24.6. The molecule has 1 aromatic carbocycles. The highest BCUT2D eigenvalue weighted by Gasteiger charge is 2.35. The standard InChI is InChI=1S/C24H39N3O5/c1-9-11-17(5)26-22(30)20(18-13-10-12-16(4)21(18)29)27(15(2)3)19(28)14-25-23(31)32-24(6,7)8/h10,12-13,15,17,20,29H,9,11,14H2,1-8H3,(H,25,31)(H,26,30). The summed E-state index contributed by atoms with van der Waals surface area (Å²) in [5, 5.41) is 16.1. The topological polar surface area (TPSA) is 108 Å². The summed E-state index contributed by atoms with van der Waals surface area (Å²) in [6, 6.07) is 3.59. The zero-order valence-corrected chi connectivity index (χ0v) is 20.6. The third-order valence-electron chi connectivity index (χ3n) is 4.83. The minimum absolute atomic E-state index is 0.0330. The minimum Gasteiger partial charge on any atom is -0.507 e. The minimum atomic E-state index is -1.05. The number of ether oxygens (including phenoxy) is 1. The van der Waals surface area contributed by atoms with Gasteiger partial charge in [0.05, 0.1) is 0 Å². The number of alkyl carbamates (subject to hydrolysis) is 1. The quantitative estimate of drug-likeness (QED) is 0.531. The lowest BCUT2D eigenvalue weighted by Gasteiger charge is -2.35. The Morgan fingerprint density at radius 3 is 2.31 bits per heavy atom. The molecule has 2 unspecified atom stereocenters. The molecule has 0 aliphatic carbocycles. The van der Waals surface area contributed by atoms with E-state index in [-0.39, 0.29) is 30.3 Å². The van der Waals surface area contributed by atoms with Crippen LogP contribution >= 0.6 is 0 Å². The monoisotopic (exact) mass is 449 g/mol. The van der Waals surface area contributed by atoms with E-state index in [1.165, 1.54) is 4.90 Å². The van der Waals surface area contributed by atoms with Crippen LogP contribution in [0.1, 0.15) is 78.5 Å². The number of phenolic OH excluding ortho intramolecular Hbond substituents is 1. The van der Waals surface area contributed by atoms with Gasteiger partial charge in [0.1, 0.15) is 23.9 Å². The molecule has 0 aliphatic rings. The molecular formula is C24H39N3O5. The number of benzene rings is 1. The summed E-state index contributed by atoms with van der Waals surface area (Å²) in [5.74, 6) is -0.879.